The number of nitrogens with zero attached hydrogens (tertiary/aromatic N) is 4. The number of rotatable bonds is 4. The highest BCUT2D eigenvalue weighted by Gasteiger charge is 2.24. The molecule has 0 unspecified atom stereocenters. The van der Waals surface area contributed by atoms with Gasteiger partial charge in [-0.05, 0) is 49.2 Å². The van der Waals surface area contributed by atoms with Gasteiger partial charge in [0.25, 0.3) is 0 Å². The van der Waals surface area contributed by atoms with Gasteiger partial charge in [-0.2, -0.15) is 5.10 Å². The maximum absolute atomic E-state index is 11.3. The van der Waals surface area contributed by atoms with Crippen molar-refractivity contribution in [3.8, 4) is 22.3 Å². The van der Waals surface area contributed by atoms with Gasteiger partial charge in [-0.1, -0.05) is 24.3 Å². The van der Waals surface area contributed by atoms with E-state index in [9.17, 15) is 8.42 Å². The summed E-state index contributed by atoms with van der Waals surface area (Å²) in [5.41, 5.74) is 5.53. The second kappa shape index (κ2) is 8.37. The average molecular weight is 448 g/mol. The van der Waals surface area contributed by atoms with E-state index in [0.717, 1.165) is 35.3 Å². The van der Waals surface area contributed by atoms with Gasteiger partial charge in [0.1, 0.15) is 0 Å². The molecule has 0 saturated carbocycles. The Bertz CT molecular complexity index is 1330. The topological polar surface area (TPSA) is 79.6 Å². The molecule has 2 atom stereocenters. The van der Waals surface area contributed by atoms with Crippen molar-refractivity contribution in [2.24, 2.45) is 0 Å². The minimum Gasteiger partial charge on any atom is -0.364 e. The van der Waals surface area contributed by atoms with E-state index in [1.807, 2.05) is 18.5 Å². The molecule has 2 aromatic heterocycles. The van der Waals surface area contributed by atoms with Crippen molar-refractivity contribution in [2.45, 2.75) is 30.8 Å². The van der Waals surface area contributed by atoms with Gasteiger partial charge >= 0.3 is 0 Å². The lowest BCUT2D eigenvalue weighted by Crippen LogP contribution is -2.55. The maximum Gasteiger partial charge on any atom is 0.168 e. The normalized spacial score (nSPS) is 19.0. The third-order valence-corrected chi connectivity index (χ3v) is 6.75. The van der Waals surface area contributed by atoms with Crippen molar-refractivity contribution < 1.29 is 8.42 Å². The molecule has 1 fully saturated rings. The van der Waals surface area contributed by atoms with Crippen molar-refractivity contribution in [3.05, 3.63) is 67.1 Å². The molecule has 2 aromatic carbocycles. The third kappa shape index (κ3) is 3.76. The van der Waals surface area contributed by atoms with Crippen molar-refractivity contribution >= 4 is 22.0 Å². The minimum atomic E-state index is -2.63. The van der Waals surface area contributed by atoms with Crippen LogP contribution in [0.4, 0.5) is 5.69 Å². The molecule has 1 aliphatic heterocycles. The number of hydrogen-bond donors (Lipinski definition) is 2. The number of benzene rings is 2. The van der Waals surface area contributed by atoms with Crippen molar-refractivity contribution in [1.82, 2.24) is 19.9 Å². The lowest BCUT2D eigenvalue weighted by Gasteiger charge is -2.41. The van der Waals surface area contributed by atoms with Gasteiger partial charge in [0.2, 0.25) is 0 Å². The quantitative estimate of drug-likeness (QED) is 0.468. The summed E-state index contributed by atoms with van der Waals surface area (Å²) in [5, 5.41) is 7.93. The van der Waals surface area contributed by atoms with Crippen molar-refractivity contribution in [3.63, 3.8) is 0 Å². The molecular formula is C24H25N5O2S. The number of anilines is 1. The second-order valence-electron chi connectivity index (χ2n) is 8.29. The molecule has 0 spiro atoms. The Morgan fingerprint density at radius 3 is 2.41 bits per heavy atom. The summed E-state index contributed by atoms with van der Waals surface area (Å²) in [4.78, 5) is 7.38. The molecule has 7 nitrogen and oxygen atoms in total. The first-order valence-electron chi connectivity index (χ1n) is 10.7. The molecular weight excluding hydrogens is 422 g/mol. The molecule has 164 valence electrons. The van der Waals surface area contributed by atoms with Gasteiger partial charge in [0, 0.05) is 54.4 Å². The Morgan fingerprint density at radius 2 is 1.69 bits per heavy atom. The molecule has 1 aliphatic rings. The molecule has 0 amide bonds. The molecule has 8 heteroatoms. The highest BCUT2D eigenvalue weighted by atomic mass is 32.2. The molecule has 1 N–H and O–H groups in total. The molecule has 3 heterocycles. The molecule has 1 saturated heterocycles. The summed E-state index contributed by atoms with van der Waals surface area (Å²) in [6.07, 6.45) is 5.51. The summed E-state index contributed by atoms with van der Waals surface area (Å²) >= 11 is 0. The minimum absolute atomic E-state index is 0.279. The Balaban J connectivity index is 1.45. The summed E-state index contributed by atoms with van der Waals surface area (Å²) in [6, 6.07) is 16.3. The molecule has 5 rings (SSSR count). The SMILES string of the molecule is C[C@@H]1CNC[C@H](C)N1c1ccc(-c2cnc3c(-c4cccc([SH](=O)=O)c4)cnn3c2)cc1. The van der Waals surface area contributed by atoms with Crippen LogP contribution in [0.1, 0.15) is 13.8 Å². The van der Waals surface area contributed by atoms with E-state index < -0.39 is 10.7 Å². The van der Waals surface area contributed by atoms with Crippen LogP contribution in [-0.2, 0) is 10.7 Å². The predicted molar refractivity (Wildman–Crippen MR) is 127 cm³/mol. The fraction of sp³-hybridized carbons (Fsp3) is 0.250. The van der Waals surface area contributed by atoms with Gasteiger partial charge in [-0.3, -0.25) is 0 Å². The molecule has 0 bridgehead atoms. The maximum atomic E-state index is 11.3. The van der Waals surface area contributed by atoms with Crippen LogP contribution >= 0.6 is 0 Å². The van der Waals surface area contributed by atoms with Crippen LogP contribution in [0.5, 0.6) is 0 Å². The standard InChI is InChI=1S/C24H25N5O2S/c1-16-11-25-12-17(2)29(16)21-8-6-18(7-9-21)20-13-26-24-23(14-27-28(24)15-20)19-4-3-5-22(10-19)32(30)31/h3-10,13-17,25,32H,11-12H2,1-2H3/t16-,17+. The Labute approximate surface area is 188 Å². The van der Waals surface area contributed by atoms with Gasteiger partial charge in [-0.15, -0.1) is 0 Å². The summed E-state index contributed by atoms with van der Waals surface area (Å²) in [6.45, 7) is 6.47. The van der Waals surface area contributed by atoms with Crippen LogP contribution in [0, 0.1) is 0 Å². The van der Waals surface area contributed by atoms with E-state index in [1.54, 1.807) is 28.9 Å². The first kappa shape index (κ1) is 20.7. The van der Waals surface area contributed by atoms with Crippen molar-refractivity contribution in [2.75, 3.05) is 18.0 Å². The van der Waals surface area contributed by atoms with Gasteiger partial charge < -0.3 is 10.2 Å². The van der Waals surface area contributed by atoms with E-state index in [0.29, 0.717) is 17.7 Å². The van der Waals surface area contributed by atoms with Crippen LogP contribution < -0.4 is 10.2 Å². The van der Waals surface area contributed by atoms with Crippen LogP contribution in [-0.4, -0.2) is 48.2 Å². The molecule has 0 aliphatic carbocycles. The summed E-state index contributed by atoms with van der Waals surface area (Å²) < 4.78 is 24.4. The van der Waals surface area contributed by atoms with E-state index in [-0.39, 0.29) is 4.90 Å². The molecule has 0 radical (unpaired) electrons. The zero-order valence-electron chi connectivity index (χ0n) is 18.0. The van der Waals surface area contributed by atoms with Crippen LogP contribution in [0.25, 0.3) is 27.9 Å². The van der Waals surface area contributed by atoms with E-state index in [2.05, 4.69) is 58.4 Å². The predicted octanol–water partition coefficient (Wildman–Crippen LogP) is 3.22. The number of fused-ring (bicyclic) bond motifs is 1. The Kier molecular flexibility index (Phi) is 5.40. The van der Waals surface area contributed by atoms with Gasteiger partial charge in [0.05, 0.1) is 11.1 Å². The van der Waals surface area contributed by atoms with Crippen LogP contribution in [0.15, 0.2) is 72.0 Å². The first-order chi connectivity index (χ1) is 15.5. The third-order valence-electron chi connectivity index (χ3n) is 6.05. The zero-order valence-corrected chi connectivity index (χ0v) is 18.9. The Hall–Kier alpha value is -3.23. The molecule has 4 aromatic rings. The number of hydrogen-bond acceptors (Lipinski definition) is 6. The zero-order chi connectivity index (χ0) is 22.2. The van der Waals surface area contributed by atoms with E-state index in [1.165, 1.54) is 5.69 Å². The Morgan fingerprint density at radius 1 is 0.938 bits per heavy atom. The summed E-state index contributed by atoms with van der Waals surface area (Å²) in [7, 11) is -2.63. The largest absolute Gasteiger partial charge is 0.364 e. The van der Waals surface area contributed by atoms with Crippen LogP contribution in [0.3, 0.4) is 0 Å². The number of aromatic nitrogens is 3. The second-order valence-corrected chi connectivity index (χ2v) is 9.32. The highest BCUT2D eigenvalue weighted by molar-refractivity contribution is 7.72. The smallest absolute Gasteiger partial charge is 0.168 e. The number of thiol groups is 1. The van der Waals surface area contributed by atoms with Crippen LogP contribution in [0.2, 0.25) is 0 Å². The van der Waals surface area contributed by atoms with Crippen molar-refractivity contribution in [1.29, 1.82) is 0 Å². The fourth-order valence-corrected chi connectivity index (χ4v) is 4.93. The van der Waals surface area contributed by atoms with E-state index >= 15 is 0 Å². The fourth-order valence-electron chi connectivity index (χ4n) is 4.48. The number of piperazine rings is 1. The average Bonchev–Trinajstić information content (AvgIpc) is 3.23. The van der Waals surface area contributed by atoms with Gasteiger partial charge in [-0.25, -0.2) is 17.9 Å². The first-order valence-corrected chi connectivity index (χ1v) is 11.9. The molecule has 32 heavy (non-hydrogen) atoms. The van der Waals surface area contributed by atoms with E-state index in [4.69, 9.17) is 0 Å². The van der Waals surface area contributed by atoms with Gasteiger partial charge in [0.15, 0.2) is 16.4 Å². The highest BCUT2D eigenvalue weighted by Crippen LogP contribution is 2.29. The number of nitrogens with one attached hydrogen (secondary N) is 1. The lowest BCUT2D eigenvalue weighted by atomic mass is 10.0. The summed E-state index contributed by atoms with van der Waals surface area (Å²) in [5.74, 6) is 0. The lowest BCUT2D eigenvalue weighted by molar-refractivity contribution is 0.432. The monoisotopic (exact) mass is 447 g/mol.